The first-order valence-electron chi connectivity index (χ1n) is 12.9. The molecule has 1 amide bonds. The van der Waals surface area contributed by atoms with Gasteiger partial charge in [0.15, 0.2) is 11.5 Å². The van der Waals surface area contributed by atoms with Crippen LogP contribution in [0.15, 0.2) is 66.2 Å². The van der Waals surface area contributed by atoms with Gasteiger partial charge in [-0.1, -0.05) is 36.4 Å². The molecule has 7 heteroatoms. The third-order valence-corrected chi connectivity index (χ3v) is 6.70. The van der Waals surface area contributed by atoms with Crippen LogP contribution in [0, 0.1) is 5.82 Å². The molecule has 0 bridgehead atoms. The number of carbonyl (C=O) groups is 1. The van der Waals surface area contributed by atoms with E-state index in [0.29, 0.717) is 30.4 Å². The number of nitrogens with zero attached hydrogens (tertiary/aromatic N) is 1. The lowest BCUT2D eigenvalue weighted by Crippen LogP contribution is -2.22. The van der Waals surface area contributed by atoms with Gasteiger partial charge >= 0.3 is 0 Å². The molecule has 0 spiro atoms. The lowest BCUT2D eigenvalue weighted by Gasteiger charge is -2.17. The van der Waals surface area contributed by atoms with Crippen molar-refractivity contribution in [2.24, 2.45) is 0 Å². The third kappa shape index (κ3) is 6.67. The van der Waals surface area contributed by atoms with E-state index in [1.807, 2.05) is 74.5 Å². The van der Waals surface area contributed by atoms with Gasteiger partial charge in [0.2, 0.25) is 11.7 Å². The summed E-state index contributed by atoms with van der Waals surface area (Å²) >= 11 is 0. The normalized spacial score (nSPS) is 13.6. The van der Waals surface area contributed by atoms with E-state index in [2.05, 4.69) is 5.32 Å². The highest BCUT2D eigenvalue weighted by molar-refractivity contribution is 6.08. The summed E-state index contributed by atoms with van der Waals surface area (Å²) in [5, 5.41) is 2.98. The molecule has 0 aromatic heterocycles. The second kappa shape index (κ2) is 12.6. The van der Waals surface area contributed by atoms with Crippen molar-refractivity contribution in [3.05, 3.63) is 94.3 Å². The smallest absolute Gasteiger partial charge is 0.224 e. The van der Waals surface area contributed by atoms with Gasteiger partial charge < -0.3 is 24.4 Å². The molecule has 0 saturated carbocycles. The molecular formula is C32H35FN2O4. The van der Waals surface area contributed by atoms with E-state index in [1.165, 1.54) is 12.1 Å². The minimum absolute atomic E-state index is 0.118. The van der Waals surface area contributed by atoms with Crippen molar-refractivity contribution < 1.29 is 23.4 Å². The highest BCUT2D eigenvalue weighted by atomic mass is 19.1. The number of carbonyl (C=O) groups excluding carboxylic acids is 1. The molecule has 1 aliphatic carbocycles. The summed E-state index contributed by atoms with van der Waals surface area (Å²) in [5.74, 6) is 1.19. The summed E-state index contributed by atoms with van der Waals surface area (Å²) < 4.78 is 31.6. The monoisotopic (exact) mass is 530 g/mol. The fourth-order valence-electron chi connectivity index (χ4n) is 4.62. The first kappa shape index (κ1) is 27.9. The van der Waals surface area contributed by atoms with Gasteiger partial charge in [0, 0.05) is 13.1 Å². The standard InChI is InChI=1S/C32H35FN2O4/c1-21-26(15-23-16-29(37-4)32(30(17-23)38-5)39-14-13-35(2)3)25-12-11-24(33)18-28(25)27(21)19-31(36)34-20-22-9-7-6-8-10-22/h6-12,15-18H,13-14,19-20H2,1-5H3,(H,34,36). The fraction of sp³-hybridized carbons (Fsp3) is 0.281. The fourth-order valence-corrected chi connectivity index (χ4v) is 4.62. The largest absolute Gasteiger partial charge is 0.493 e. The van der Waals surface area contributed by atoms with E-state index in [-0.39, 0.29) is 18.1 Å². The second-order valence-electron chi connectivity index (χ2n) is 9.70. The van der Waals surface area contributed by atoms with Gasteiger partial charge in [-0.2, -0.15) is 0 Å². The van der Waals surface area contributed by atoms with E-state index < -0.39 is 0 Å². The average molecular weight is 531 g/mol. The lowest BCUT2D eigenvalue weighted by molar-refractivity contribution is -0.120. The van der Waals surface area contributed by atoms with Gasteiger partial charge in [-0.25, -0.2) is 4.39 Å². The Labute approximate surface area is 229 Å². The molecule has 0 fully saturated rings. The SMILES string of the molecule is COc1cc(C=C2C(C)=C(CC(=O)NCc3ccccc3)c3cc(F)ccc32)cc(OC)c1OCCN(C)C. The summed E-state index contributed by atoms with van der Waals surface area (Å²) in [7, 11) is 7.15. The maximum Gasteiger partial charge on any atom is 0.224 e. The van der Waals surface area contributed by atoms with E-state index >= 15 is 0 Å². The number of likely N-dealkylation sites (N-methyl/N-ethyl adjacent to an activating group) is 1. The van der Waals surface area contributed by atoms with E-state index in [4.69, 9.17) is 14.2 Å². The van der Waals surface area contributed by atoms with Crippen LogP contribution in [0.3, 0.4) is 0 Å². The van der Waals surface area contributed by atoms with Crippen molar-refractivity contribution in [2.45, 2.75) is 19.9 Å². The van der Waals surface area contributed by atoms with Crippen molar-refractivity contribution in [3.63, 3.8) is 0 Å². The van der Waals surface area contributed by atoms with Crippen molar-refractivity contribution in [1.29, 1.82) is 0 Å². The Morgan fingerprint density at radius 2 is 1.67 bits per heavy atom. The second-order valence-corrected chi connectivity index (χ2v) is 9.70. The summed E-state index contributed by atoms with van der Waals surface area (Å²) in [6.07, 6.45) is 2.16. The Kier molecular flexibility index (Phi) is 9.04. The molecule has 3 aromatic carbocycles. The molecule has 0 unspecified atom stereocenters. The molecule has 4 rings (SSSR count). The van der Waals surface area contributed by atoms with E-state index in [9.17, 15) is 9.18 Å². The number of ether oxygens (including phenoxy) is 3. The molecule has 1 N–H and O–H groups in total. The minimum atomic E-state index is -0.340. The number of hydrogen-bond acceptors (Lipinski definition) is 5. The summed E-state index contributed by atoms with van der Waals surface area (Å²) in [6.45, 7) is 3.64. The van der Waals surface area contributed by atoms with Crippen molar-refractivity contribution in [3.8, 4) is 17.2 Å². The molecule has 204 valence electrons. The number of halogens is 1. The summed E-state index contributed by atoms with van der Waals surface area (Å²) in [4.78, 5) is 14.9. The third-order valence-electron chi connectivity index (χ3n) is 6.70. The van der Waals surface area contributed by atoms with Gasteiger partial charge in [-0.3, -0.25) is 4.79 Å². The molecule has 39 heavy (non-hydrogen) atoms. The van der Waals surface area contributed by atoms with Crippen LogP contribution in [0.2, 0.25) is 0 Å². The predicted molar refractivity (Wildman–Crippen MR) is 153 cm³/mol. The van der Waals surface area contributed by atoms with Crippen molar-refractivity contribution in [2.75, 3.05) is 41.5 Å². The zero-order valence-electron chi connectivity index (χ0n) is 23.1. The van der Waals surface area contributed by atoms with Gasteiger partial charge in [0.1, 0.15) is 12.4 Å². The van der Waals surface area contributed by atoms with Crippen molar-refractivity contribution >= 4 is 23.1 Å². The molecular weight excluding hydrogens is 495 g/mol. The van der Waals surface area contributed by atoms with Crippen LogP contribution in [-0.2, 0) is 11.3 Å². The predicted octanol–water partition coefficient (Wildman–Crippen LogP) is 5.82. The van der Waals surface area contributed by atoms with Crippen LogP contribution < -0.4 is 19.5 Å². The zero-order valence-corrected chi connectivity index (χ0v) is 23.1. The van der Waals surface area contributed by atoms with Crippen LogP contribution >= 0.6 is 0 Å². The minimum Gasteiger partial charge on any atom is -0.493 e. The summed E-state index contributed by atoms with van der Waals surface area (Å²) in [6, 6.07) is 18.2. The first-order chi connectivity index (χ1) is 18.8. The van der Waals surface area contributed by atoms with Gasteiger partial charge in [-0.05, 0) is 90.3 Å². The lowest BCUT2D eigenvalue weighted by atomic mass is 10.00. The van der Waals surface area contributed by atoms with Crippen LogP contribution in [0.5, 0.6) is 17.2 Å². The number of allylic oxidation sites excluding steroid dienone is 2. The number of fused-ring (bicyclic) bond motifs is 1. The Morgan fingerprint density at radius 3 is 2.31 bits per heavy atom. The van der Waals surface area contributed by atoms with Crippen LogP contribution in [-0.4, -0.2) is 52.3 Å². The Hall–Kier alpha value is -4.10. The number of benzene rings is 3. The molecule has 0 saturated heterocycles. The first-order valence-corrected chi connectivity index (χ1v) is 12.9. The highest BCUT2D eigenvalue weighted by Crippen LogP contribution is 2.45. The summed E-state index contributed by atoms with van der Waals surface area (Å²) in [5.41, 5.74) is 6.12. The topological polar surface area (TPSA) is 60.0 Å². The number of rotatable bonds is 11. The number of methoxy groups -OCH3 is 2. The maximum atomic E-state index is 14.3. The zero-order chi connectivity index (χ0) is 27.9. The van der Waals surface area contributed by atoms with Crippen LogP contribution in [0.4, 0.5) is 4.39 Å². The quantitative estimate of drug-likeness (QED) is 0.339. The maximum absolute atomic E-state index is 14.3. The molecule has 0 heterocycles. The Balaban J connectivity index is 1.65. The molecule has 1 aliphatic rings. The number of nitrogens with one attached hydrogen (secondary N) is 1. The molecule has 6 nitrogen and oxygen atoms in total. The molecule has 3 aromatic rings. The van der Waals surface area contributed by atoms with Crippen LogP contribution in [0.25, 0.3) is 17.2 Å². The van der Waals surface area contributed by atoms with Gasteiger partial charge in [-0.15, -0.1) is 0 Å². The van der Waals surface area contributed by atoms with E-state index in [0.717, 1.165) is 45.5 Å². The Morgan fingerprint density at radius 1 is 0.974 bits per heavy atom. The molecule has 0 aliphatic heterocycles. The van der Waals surface area contributed by atoms with Gasteiger partial charge in [0.25, 0.3) is 0 Å². The van der Waals surface area contributed by atoms with E-state index in [1.54, 1.807) is 20.3 Å². The molecule has 0 atom stereocenters. The Bertz CT molecular complexity index is 1370. The van der Waals surface area contributed by atoms with Crippen LogP contribution in [0.1, 0.15) is 35.6 Å². The highest BCUT2D eigenvalue weighted by Gasteiger charge is 2.26. The van der Waals surface area contributed by atoms with Crippen molar-refractivity contribution in [1.82, 2.24) is 10.2 Å². The number of amides is 1. The average Bonchev–Trinajstić information content (AvgIpc) is 3.17. The number of hydrogen-bond donors (Lipinski definition) is 1. The molecule has 0 radical (unpaired) electrons. The van der Waals surface area contributed by atoms with Gasteiger partial charge in [0.05, 0.1) is 20.6 Å².